The van der Waals surface area contributed by atoms with Gasteiger partial charge in [-0.1, -0.05) is 27.7 Å². The summed E-state index contributed by atoms with van der Waals surface area (Å²) in [6.07, 6.45) is 0. The van der Waals surface area contributed by atoms with Crippen LogP contribution in [0, 0.1) is 45.8 Å². The van der Waals surface area contributed by atoms with Gasteiger partial charge in [0.25, 0.3) is 0 Å². The van der Waals surface area contributed by atoms with Crippen molar-refractivity contribution in [1.29, 1.82) is 0 Å². The predicted octanol–water partition coefficient (Wildman–Crippen LogP) is 4.48. The molecule has 1 aromatic rings. The van der Waals surface area contributed by atoms with Crippen molar-refractivity contribution in [2.45, 2.75) is 27.7 Å². The van der Waals surface area contributed by atoms with Crippen molar-refractivity contribution >= 4 is 5.69 Å². The molecule has 6 heteroatoms. The van der Waals surface area contributed by atoms with Crippen molar-refractivity contribution < 1.29 is 22.0 Å². The number of hydrogen-bond acceptors (Lipinski definition) is 1. The van der Waals surface area contributed by atoms with Crippen LogP contribution in [0.3, 0.4) is 0 Å². The lowest BCUT2D eigenvalue weighted by Gasteiger charge is -2.11. The van der Waals surface area contributed by atoms with Crippen LogP contribution in [0.2, 0.25) is 0 Å². The van der Waals surface area contributed by atoms with Crippen LogP contribution in [0.15, 0.2) is 0 Å². The zero-order valence-corrected chi connectivity index (χ0v) is 11.7. The normalized spacial score (nSPS) is 20.1. The lowest BCUT2D eigenvalue weighted by Crippen LogP contribution is -2.14. The van der Waals surface area contributed by atoms with Gasteiger partial charge in [0.05, 0.1) is 0 Å². The average molecular weight is 293 g/mol. The third-order valence-electron chi connectivity index (χ3n) is 5.01. The molecule has 112 valence electrons. The lowest BCUT2D eigenvalue weighted by atomic mass is 10.0. The predicted molar refractivity (Wildman–Crippen MR) is 65.8 cm³/mol. The molecule has 1 N–H and O–H groups in total. The van der Waals surface area contributed by atoms with Gasteiger partial charge in [0.15, 0.2) is 23.3 Å². The highest BCUT2D eigenvalue weighted by Crippen LogP contribution is 2.68. The van der Waals surface area contributed by atoms with Gasteiger partial charge < -0.3 is 5.32 Å². The highest BCUT2D eigenvalue weighted by atomic mass is 19.2. The van der Waals surface area contributed by atoms with E-state index < -0.39 is 34.8 Å². The number of benzene rings is 1. The smallest absolute Gasteiger partial charge is 0.200 e. The Kier molecular flexibility index (Phi) is 3.26. The molecule has 0 amide bonds. The summed E-state index contributed by atoms with van der Waals surface area (Å²) in [6, 6.07) is 0. The molecule has 0 heterocycles. The van der Waals surface area contributed by atoms with E-state index in [4.69, 9.17) is 0 Å². The van der Waals surface area contributed by atoms with E-state index in [9.17, 15) is 22.0 Å². The fourth-order valence-corrected chi connectivity index (χ4v) is 2.81. The first kappa shape index (κ1) is 15.1. The minimum atomic E-state index is -2.14. The molecule has 1 aromatic carbocycles. The lowest BCUT2D eigenvalue weighted by molar-refractivity contribution is 0.381. The third-order valence-corrected chi connectivity index (χ3v) is 5.01. The first-order valence-electron chi connectivity index (χ1n) is 6.28. The van der Waals surface area contributed by atoms with E-state index in [1.165, 1.54) is 0 Å². The third kappa shape index (κ3) is 1.88. The summed E-state index contributed by atoms with van der Waals surface area (Å²) in [7, 11) is 0. The van der Waals surface area contributed by atoms with Gasteiger partial charge in [0.1, 0.15) is 5.69 Å². The molecule has 0 aromatic heterocycles. The van der Waals surface area contributed by atoms with Gasteiger partial charge in [-0.25, -0.2) is 22.0 Å². The van der Waals surface area contributed by atoms with E-state index in [0.717, 1.165) is 0 Å². The molecule has 0 aliphatic heterocycles. The number of halogens is 5. The van der Waals surface area contributed by atoms with Gasteiger partial charge in [-0.2, -0.15) is 0 Å². The topological polar surface area (TPSA) is 12.0 Å². The van der Waals surface area contributed by atoms with Crippen LogP contribution in [-0.2, 0) is 0 Å². The van der Waals surface area contributed by atoms with Crippen LogP contribution in [0.4, 0.5) is 27.6 Å². The summed E-state index contributed by atoms with van der Waals surface area (Å²) in [6.45, 7) is 8.14. The SMILES string of the molecule is CC1(C)C(CNc2c(F)c(F)c(F)c(F)c2F)C1(C)C. The monoisotopic (exact) mass is 293 g/mol. The zero-order chi connectivity index (χ0) is 15.5. The summed E-state index contributed by atoms with van der Waals surface area (Å²) >= 11 is 0. The molecular weight excluding hydrogens is 277 g/mol. The standard InChI is InChI=1S/C14H16F5N/c1-13(2)6(14(13,3)4)5-20-12-10(18)8(16)7(15)9(17)11(12)19/h6,20H,5H2,1-4H3. The minimum Gasteiger partial charge on any atom is -0.380 e. The molecule has 1 saturated carbocycles. The minimum absolute atomic E-state index is 0.0515. The first-order valence-corrected chi connectivity index (χ1v) is 6.28. The Morgan fingerprint density at radius 2 is 1.10 bits per heavy atom. The van der Waals surface area contributed by atoms with Gasteiger partial charge in [0.2, 0.25) is 5.82 Å². The van der Waals surface area contributed by atoms with Crippen LogP contribution < -0.4 is 5.32 Å². The van der Waals surface area contributed by atoms with E-state index in [1.807, 2.05) is 27.7 Å². The largest absolute Gasteiger partial charge is 0.380 e. The van der Waals surface area contributed by atoms with Crippen LogP contribution >= 0.6 is 0 Å². The molecular formula is C14H16F5N. The second-order valence-corrected chi connectivity index (χ2v) is 6.32. The molecule has 0 bridgehead atoms. The van der Waals surface area contributed by atoms with Gasteiger partial charge in [-0.15, -0.1) is 0 Å². The molecule has 1 nitrogen and oxygen atoms in total. The number of anilines is 1. The fraction of sp³-hybridized carbons (Fsp3) is 0.571. The summed E-state index contributed by atoms with van der Waals surface area (Å²) < 4.78 is 65.9. The van der Waals surface area contributed by atoms with E-state index in [1.54, 1.807) is 0 Å². The van der Waals surface area contributed by atoms with Crippen LogP contribution in [0.1, 0.15) is 27.7 Å². The van der Waals surface area contributed by atoms with Crippen molar-refractivity contribution in [2.24, 2.45) is 16.7 Å². The quantitative estimate of drug-likeness (QED) is 0.492. The highest BCUT2D eigenvalue weighted by molar-refractivity contribution is 5.48. The maximum absolute atomic E-state index is 13.5. The van der Waals surface area contributed by atoms with Crippen LogP contribution in [0.25, 0.3) is 0 Å². The molecule has 0 saturated heterocycles. The maximum Gasteiger partial charge on any atom is 0.200 e. The van der Waals surface area contributed by atoms with Crippen molar-refractivity contribution in [3.63, 3.8) is 0 Å². The summed E-state index contributed by atoms with van der Waals surface area (Å²) in [4.78, 5) is 0. The molecule has 1 aliphatic rings. The summed E-state index contributed by atoms with van der Waals surface area (Å²) in [5.74, 6) is -9.56. The Bertz CT molecular complexity index is 522. The summed E-state index contributed by atoms with van der Waals surface area (Å²) in [5.41, 5.74) is -1.06. The first-order chi connectivity index (χ1) is 9.03. The molecule has 20 heavy (non-hydrogen) atoms. The Balaban J connectivity index is 2.24. The van der Waals surface area contributed by atoms with Gasteiger partial charge in [-0.05, 0) is 16.7 Å². The van der Waals surface area contributed by atoms with E-state index >= 15 is 0 Å². The fourth-order valence-electron chi connectivity index (χ4n) is 2.81. The molecule has 1 aliphatic carbocycles. The van der Waals surface area contributed by atoms with Gasteiger partial charge >= 0.3 is 0 Å². The Labute approximate surface area is 114 Å². The number of hydrogen-bond donors (Lipinski definition) is 1. The number of nitrogens with one attached hydrogen (secondary N) is 1. The zero-order valence-electron chi connectivity index (χ0n) is 11.7. The van der Waals surface area contributed by atoms with Crippen molar-refractivity contribution in [2.75, 3.05) is 11.9 Å². The average Bonchev–Trinajstić information content (AvgIpc) is 2.75. The van der Waals surface area contributed by atoms with Crippen molar-refractivity contribution in [1.82, 2.24) is 0 Å². The van der Waals surface area contributed by atoms with Crippen molar-refractivity contribution in [3.8, 4) is 0 Å². The summed E-state index contributed by atoms with van der Waals surface area (Å²) in [5, 5.41) is 2.37. The molecule has 2 rings (SSSR count). The molecule has 0 spiro atoms. The van der Waals surface area contributed by atoms with Crippen LogP contribution in [0.5, 0.6) is 0 Å². The maximum atomic E-state index is 13.5. The van der Waals surface area contributed by atoms with E-state index in [2.05, 4.69) is 5.32 Å². The molecule has 0 atom stereocenters. The van der Waals surface area contributed by atoms with E-state index in [0.29, 0.717) is 0 Å². The number of rotatable bonds is 3. The Morgan fingerprint density at radius 3 is 1.45 bits per heavy atom. The molecule has 0 unspecified atom stereocenters. The van der Waals surface area contributed by atoms with Gasteiger partial charge in [-0.3, -0.25) is 0 Å². The van der Waals surface area contributed by atoms with E-state index in [-0.39, 0.29) is 23.3 Å². The van der Waals surface area contributed by atoms with Gasteiger partial charge in [0, 0.05) is 6.54 Å². The Morgan fingerprint density at radius 1 is 0.750 bits per heavy atom. The Hall–Kier alpha value is -1.33. The van der Waals surface area contributed by atoms with Crippen molar-refractivity contribution in [3.05, 3.63) is 29.1 Å². The van der Waals surface area contributed by atoms with Crippen LogP contribution in [-0.4, -0.2) is 6.54 Å². The molecule has 0 radical (unpaired) electrons. The molecule has 1 fully saturated rings. The second-order valence-electron chi connectivity index (χ2n) is 6.32. The second kappa shape index (κ2) is 4.33. The highest BCUT2D eigenvalue weighted by Gasteiger charge is 2.64.